The van der Waals surface area contributed by atoms with Gasteiger partial charge < -0.3 is 4.98 Å². The third-order valence-corrected chi connectivity index (χ3v) is 5.25. The number of aromatic amines is 1. The zero-order chi connectivity index (χ0) is 13.8. The van der Waals surface area contributed by atoms with Crippen molar-refractivity contribution >= 4 is 44.4 Å². The van der Waals surface area contributed by atoms with Crippen molar-refractivity contribution in [1.82, 2.24) is 19.9 Å². The van der Waals surface area contributed by atoms with Crippen LogP contribution in [0.4, 0.5) is 0 Å². The van der Waals surface area contributed by atoms with Crippen LogP contribution in [0, 0.1) is 0 Å². The third kappa shape index (κ3) is 3.26. The summed E-state index contributed by atoms with van der Waals surface area (Å²) in [5.74, 6) is 1.01. The Labute approximate surface area is 129 Å². The maximum absolute atomic E-state index is 5.86. The number of aromatic nitrogens is 4. The van der Waals surface area contributed by atoms with Crippen LogP contribution in [0.2, 0.25) is 5.02 Å². The summed E-state index contributed by atoms with van der Waals surface area (Å²) in [6.07, 6.45) is 4.19. The molecule has 0 fully saturated rings. The first-order valence-electron chi connectivity index (χ1n) is 6.01. The van der Waals surface area contributed by atoms with Crippen molar-refractivity contribution in [1.29, 1.82) is 0 Å². The maximum atomic E-state index is 5.86. The van der Waals surface area contributed by atoms with E-state index in [-0.39, 0.29) is 0 Å². The standard InChI is InChI=1S/C13H11ClN4S2/c14-10-3-1-9(2-4-10)5-6-19-20-13-11-12(16-7-15-11)17-8-18-13/h1-4,7-8H,5-6H2,(H,15,16,17,18). The third-order valence-electron chi connectivity index (χ3n) is 2.71. The summed E-state index contributed by atoms with van der Waals surface area (Å²) in [4.78, 5) is 15.6. The van der Waals surface area contributed by atoms with Crippen LogP contribution >= 0.6 is 33.2 Å². The molecule has 0 bridgehead atoms. The van der Waals surface area contributed by atoms with E-state index in [0.717, 1.165) is 27.7 Å². The zero-order valence-electron chi connectivity index (χ0n) is 10.4. The molecule has 0 saturated carbocycles. The van der Waals surface area contributed by atoms with Gasteiger partial charge in [0.05, 0.1) is 6.33 Å². The van der Waals surface area contributed by atoms with Crippen molar-refractivity contribution < 1.29 is 0 Å². The van der Waals surface area contributed by atoms with Crippen molar-refractivity contribution in [3.8, 4) is 0 Å². The molecule has 7 heteroatoms. The molecule has 0 unspecified atom stereocenters. The topological polar surface area (TPSA) is 54.5 Å². The minimum atomic E-state index is 0.709. The average molecular weight is 323 g/mol. The van der Waals surface area contributed by atoms with Gasteiger partial charge in [-0.1, -0.05) is 34.5 Å². The van der Waals surface area contributed by atoms with Gasteiger partial charge in [0.25, 0.3) is 0 Å². The summed E-state index contributed by atoms with van der Waals surface area (Å²) in [5, 5.41) is 1.70. The van der Waals surface area contributed by atoms with Gasteiger partial charge in [-0.05, 0) is 34.9 Å². The molecule has 1 aromatic carbocycles. The molecule has 0 aliphatic carbocycles. The quantitative estimate of drug-likeness (QED) is 0.437. The van der Waals surface area contributed by atoms with E-state index in [1.54, 1.807) is 34.2 Å². The highest BCUT2D eigenvalue weighted by Gasteiger charge is 2.06. The molecular weight excluding hydrogens is 312 g/mol. The number of aryl methyl sites for hydroxylation is 1. The highest BCUT2D eigenvalue weighted by atomic mass is 35.5. The van der Waals surface area contributed by atoms with E-state index in [0.29, 0.717) is 5.65 Å². The van der Waals surface area contributed by atoms with Crippen molar-refractivity contribution in [2.75, 3.05) is 5.75 Å². The summed E-state index contributed by atoms with van der Waals surface area (Å²) in [7, 11) is 3.41. The van der Waals surface area contributed by atoms with Crippen LogP contribution in [-0.2, 0) is 6.42 Å². The highest BCUT2D eigenvalue weighted by Crippen LogP contribution is 2.32. The Morgan fingerprint density at radius 3 is 2.80 bits per heavy atom. The molecule has 0 aliphatic heterocycles. The van der Waals surface area contributed by atoms with Crippen LogP contribution in [0.15, 0.2) is 41.9 Å². The Morgan fingerprint density at radius 1 is 1.10 bits per heavy atom. The van der Waals surface area contributed by atoms with E-state index in [1.165, 1.54) is 5.56 Å². The van der Waals surface area contributed by atoms with Gasteiger partial charge in [-0.2, -0.15) is 0 Å². The predicted molar refractivity (Wildman–Crippen MR) is 85.2 cm³/mol. The Bertz CT molecular complexity index is 699. The monoisotopic (exact) mass is 322 g/mol. The van der Waals surface area contributed by atoms with Crippen molar-refractivity contribution in [2.45, 2.75) is 11.4 Å². The largest absolute Gasteiger partial charge is 0.341 e. The number of benzene rings is 1. The van der Waals surface area contributed by atoms with E-state index < -0.39 is 0 Å². The van der Waals surface area contributed by atoms with Crippen molar-refractivity contribution in [3.05, 3.63) is 47.5 Å². The van der Waals surface area contributed by atoms with Crippen LogP contribution < -0.4 is 0 Å². The molecule has 1 N–H and O–H groups in total. The van der Waals surface area contributed by atoms with Gasteiger partial charge >= 0.3 is 0 Å². The van der Waals surface area contributed by atoms with E-state index in [2.05, 4.69) is 32.1 Å². The molecule has 3 aromatic rings. The minimum Gasteiger partial charge on any atom is -0.341 e. The summed E-state index contributed by atoms with van der Waals surface area (Å²) >= 11 is 5.86. The molecule has 4 nitrogen and oxygen atoms in total. The van der Waals surface area contributed by atoms with Crippen LogP contribution in [0.3, 0.4) is 0 Å². The second-order valence-corrected chi connectivity index (χ2v) is 6.90. The second kappa shape index (κ2) is 6.47. The molecular formula is C13H11ClN4S2. The predicted octanol–water partition coefficient (Wildman–Crippen LogP) is 3.99. The summed E-state index contributed by atoms with van der Waals surface area (Å²) in [6.45, 7) is 0. The number of H-pyrrole nitrogens is 1. The van der Waals surface area contributed by atoms with Crippen LogP contribution in [0.5, 0.6) is 0 Å². The molecule has 0 spiro atoms. The number of hydrogen-bond donors (Lipinski definition) is 1. The lowest BCUT2D eigenvalue weighted by molar-refractivity contribution is 1.09. The molecule has 0 saturated heterocycles. The lowest BCUT2D eigenvalue weighted by Crippen LogP contribution is -1.88. The fourth-order valence-corrected chi connectivity index (χ4v) is 3.89. The Hall–Kier alpha value is -1.24. The molecule has 0 atom stereocenters. The SMILES string of the molecule is Clc1ccc(CCSSc2ncnc3nc[nH]c23)cc1. The number of hydrogen-bond acceptors (Lipinski definition) is 5. The van der Waals surface area contributed by atoms with E-state index in [9.17, 15) is 0 Å². The first kappa shape index (κ1) is 13.7. The number of nitrogens with zero attached hydrogens (tertiary/aromatic N) is 3. The van der Waals surface area contributed by atoms with Gasteiger partial charge in [0.15, 0.2) is 5.65 Å². The maximum Gasteiger partial charge on any atom is 0.181 e. The number of rotatable bonds is 5. The summed E-state index contributed by atoms with van der Waals surface area (Å²) in [5.41, 5.74) is 2.90. The second-order valence-electron chi connectivity index (χ2n) is 4.06. The molecule has 0 aliphatic rings. The fraction of sp³-hybridized carbons (Fsp3) is 0.154. The fourth-order valence-electron chi connectivity index (χ4n) is 1.71. The molecule has 20 heavy (non-hydrogen) atoms. The Kier molecular flexibility index (Phi) is 4.44. The van der Waals surface area contributed by atoms with Gasteiger partial charge in [-0.25, -0.2) is 15.0 Å². The summed E-state index contributed by atoms with van der Waals surface area (Å²) in [6, 6.07) is 7.97. The first-order valence-corrected chi connectivity index (χ1v) is 8.70. The van der Waals surface area contributed by atoms with Gasteiger partial charge in [0.1, 0.15) is 16.9 Å². The molecule has 102 valence electrons. The number of nitrogens with one attached hydrogen (secondary N) is 1. The highest BCUT2D eigenvalue weighted by molar-refractivity contribution is 8.76. The van der Waals surface area contributed by atoms with Gasteiger partial charge in [-0.15, -0.1) is 0 Å². The van der Waals surface area contributed by atoms with Gasteiger partial charge in [0.2, 0.25) is 0 Å². The average Bonchev–Trinajstić information content (AvgIpc) is 2.94. The molecule has 3 rings (SSSR count). The Balaban J connectivity index is 1.55. The minimum absolute atomic E-state index is 0.709. The normalized spacial score (nSPS) is 11.1. The van der Waals surface area contributed by atoms with Crippen molar-refractivity contribution in [3.63, 3.8) is 0 Å². The van der Waals surface area contributed by atoms with Crippen LogP contribution in [0.25, 0.3) is 11.2 Å². The lowest BCUT2D eigenvalue weighted by atomic mass is 10.2. The van der Waals surface area contributed by atoms with Crippen molar-refractivity contribution in [2.24, 2.45) is 0 Å². The van der Waals surface area contributed by atoms with Gasteiger partial charge in [0, 0.05) is 10.8 Å². The summed E-state index contributed by atoms with van der Waals surface area (Å²) < 4.78 is 0. The van der Waals surface area contributed by atoms with E-state index >= 15 is 0 Å². The molecule has 0 radical (unpaired) electrons. The lowest BCUT2D eigenvalue weighted by Gasteiger charge is -2.02. The van der Waals surface area contributed by atoms with Gasteiger partial charge in [-0.3, -0.25) is 0 Å². The zero-order valence-corrected chi connectivity index (χ0v) is 12.8. The van der Waals surface area contributed by atoms with E-state index in [4.69, 9.17) is 11.6 Å². The first-order chi connectivity index (χ1) is 9.83. The number of fused-ring (bicyclic) bond motifs is 1. The number of imidazole rings is 1. The van der Waals surface area contributed by atoms with E-state index in [1.807, 2.05) is 12.1 Å². The number of halogens is 1. The molecule has 0 amide bonds. The molecule has 2 heterocycles. The Morgan fingerprint density at radius 2 is 1.95 bits per heavy atom. The molecule has 2 aromatic heterocycles. The van der Waals surface area contributed by atoms with Crippen LogP contribution in [-0.4, -0.2) is 25.7 Å². The smallest absolute Gasteiger partial charge is 0.181 e. The van der Waals surface area contributed by atoms with Crippen LogP contribution in [0.1, 0.15) is 5.56 Å².